The van der Waals surface area contributed by atoms with E-state index in [4.69, 9.17) is 9.84 Å². The molecule has 1 amide bonds. The Labute approximate surface area is 118 Å². The lowest BCUT2D eigenvalue weighted by atomic mass is 10.1. The van der Waals surface area contributed by atoms with Gasteiger partial charge in [-0.1, -0.05) is 18.2 Å². The predicted molar refractivity (Wildman–Crippen MR) is 74.9 cm³/mol. The number of nitrogens with zero attached hydrogens (tertiary/aromatic N) is 1. The van der Waals surface area contributed by atoms with Gasteiger partial charge in [0.25, 0.3) is 0 Å². The van der Waals surface area contributed by atoms with Gasteiger partial charge in [0.15, 0.2) is 0 Å². The first-order valence-corrected chi connectivity index (χ1v) is 6.60. The third-order valence-corrected chi connectivity index (χ3v) is 3.07. The Hall–Kier alpha value is -2.04. The second-order valence-corrected chi connectivity index (χ2v) is 5.93. The van der Waals surface area contributed by atoms with Crippen LogP contribution in [0.2, 0.25) is 0 Å². The van der Waals surface area contributed by atoms with E-state index in [1.54, 1.807) is 20.8 Å². The number of carbonyl (C=O) groups excluding carboxylic acids is 1. The minimum Gasteiger partial charge on any atom is -0.481 e. The molecule has 0 aliphatic carbocycles. The Morgan fingerprint density at radius 2 is 2.00 bits per heavy atom. The van der Waals surface area contributed by atoms with Crippen LogP contribution in [0.4, 0.5) is 10.5 Å². The lowest BCUT2D eigenvalue weighted by Gasteiger charge is -2.28. The molecule has 1 aliphatic heterocycles. The first-order chi connectivity index (χ1) is 9.28. The van der Waals surface area contributed by atoms with Gasteiger partial charge in [-0.05, 0) is 38.8 Å². The van der Waals surface area contributed by atoms with Crippen LogP contribution in [0.1, 0.15) is 32.8 Å². The van der Waals surface area contributed by atoms with Gasteiger partial charge in [-0.15, -0.1) is 0 Å². The molecule has 0 aromatic heterocycles. The molecule has 2 rings (SSSR count). The fourth-order valence-corrected chi connectivity index (χ4v) is 2.38. The van der Waals surface area contributed by atoms with Crippen LogP contribution in [0.25, 0.3) is 0 Å². The van der Waals surface area contributed by atoms with Crippen molar-refractivity contribution in [2.75, 3.05) is 4.90 Å². The molecule has 1 aliphatic rings. The second kappa shape index (κ2) is 5.15. The van der Waals surface area contributed by atoms with Gasteiger partial charge < -0.3 is 9.84 Å². The molecule has 1 heterocycles. The van der Waals surface area contributed by atoms with Gasteiger partial charge in [0.1, 0.15) is 5.60 Å². The number of amides is 1. The van der Waals surface area contributed by atoms with Crippen LogP contribution < -0.4 is 4.90 Å². The second-order valence-electron chi connectivity index (χ2n) is 5.93. The predicted octanol–water partition coefficient (Wildman–Crippen LogP) is 2.83. The molecule has 1 unspecified atom stereocenters. The highest BCUT2D eigenvalue weighted by Crippen LogP contribution is 2.34. The van der Waals surface area contributed by atoms with Gasteiger partial charge in [-0.25, -0.2) is 4.79 Å². The van der Waals surface area contributed by atoms with Crippen molar-refractivity contribution in [2.24, 2.45) is 0 Å². The molecule has 0 saturated heterocycles. The zero-order valence-corrected chi connectivity index (χ0v) is 11.9. The number of carboxylic acid groups (broad SMARTS) is 1. The van der Waals surface area contributed by atoms with Crippen LogP contribution in [0.5, 0.6) is 0 Å². The van der Waals surface area contributed by atoms with Crippen molar-refractivity contribution in [1.82, 2.24) is 0 Å². The number of anilines is 1. The normalized spacial score (nSPS) is 17.8. The first-order valence-electron chi connectivity index (χ1n) is 6.60. The Kier molecular flexibility index (Phi) is 3.70. The van der Waals surface area contributed by atoms with Gasteiger partial charge in [-0.3, -0.25) is 9.69 Å². The largest absolute Gasteiger partial charge is 0.481 e. The molecule has 5 heteroatoms. The maximum Gasteiger partial charge on any atom is 0.415 e. The van der Waals surface area contributed by atoms with Crippen molar-refractivity contribution in [2.45, 2.75) is 45.3 Å². The summed E-state index contributed by atoms with van der Waals surface area (Å²) >= 11 is 0. The summed E-state index contributed by atoms with van der Waals surface area (Å²) in [6.45, 7) is 5.37. The molecule has 0 fully saturated rings. The van der Waals surface area contributed by atoms with Crippen LogP contribution in [-0.4, -0.2) is 28.8 Å². The summed E-state index contributed by atoms with van der Waals surface area (Å²) in [5, 5.41) is 9.01. The van der Waals surface area contributed by atoms with E-state index in [-0.39, 0.29) is 12.5 Å². The highest BCUT2D eigenvalue weighted by molar-refractivity contribution is 5.92. The maximum atomic E-state index is 12.3. The average molecular weight is 277 g/mol. The summed E-state index contributed by atoms with van der Waals surface area (Å²) < 4.78 is 5.38. The van der Waals surface area contributed by atoms with Crippen LogP contribution in [0, 0.1) is 0 Å². The highest BCUT2D eigenvalue weighted by Gasteiger charge is 2.37. The van der Waals surface area contributed by atoms with Crippen molar-refractivity contribution in [3.05, 3.63) is 29.8 Å². The number of hydrogen-bond acceptors (Lipinski definition) is 3. The summed E-state index contributed by atoms with van der Waals surface area (Å²) in [5.74, 6) is -0.920. The molecule has 20 heavy (non-hydrogen) atoms. The van der Waals surface area contributed by atoms with Gasteiger partial charge >= 0.3 is 12.1 Å². The summed E-state index contributed by atoms with van der Waals surface area (Å²) in [4.78, 5) is 24.8. The minimum atomic E-state index is -0.920. The van der Waals surface area contributed by atoms with E-state index < -0.39 is 17.7 Å². The third-order valence-electron chi connectivity index (χ3n) is 3.07. The molecule has 1 aromatic rings. The molecular formula is C15H19NO4. The Bertz CT molecular complexity index is 533. The van der Waals surface area contributed by atoms with Crippen LogP contribution in [0.15, 0.2) is 24.3 Å². The van der Waals surface area contributed by atoms with Gasteiger partial charge in [0, 0.05) is 0 Å². The Balaban J connectivity index is 2.29. The summed E-state index contributed by atoms with van der Waals surface area (Å²) in [5.41, 5.74) is 1.11. The molecule has 1 N–H and O–H groups in total. The zero-order valence-electron chi connectivity index (χ0n) is 11.9. The Morgan fingerprint density at radius 1 is 1.35 bits per heavy atom. The molecule has 0 radical (unpaired) electrons. The Morgan fingerprint density at radius 3 is 2.60 bits per heavy atom. The summed E-state index contributed by atoms with van der Waals surface area (Å²) in [6.07, 6.45) is -0.0379. The van der Waals surface area contributed by atoms with Crippen LogP contribution in [-0.2, 0) is 16.0 Å². The lowest BCUT2D eigenvalue weighted by Crippen LogP contribution is -2.42. The zero-order chi connectivity index (χ0) is 14.9. The number of aliphatic carboxylic acids is 1. The quantitative estimate of drug-likeness (QED) is 0.902. The van der Waals surface area contributed by atoms with E-state index in [1.807, 2.05) is 24.3 Å². The fraction of sp³-hybridized carbons (Fsp3) is 0.467. The number of benzene rings is 1. The molecule has 1 aromatic carbocycles. The van der Waals surface area contributed by atoms with E-state index in [9.17, 15) is 9.59 Å². The van der Waals surface area contributed by atoms with Crippen LogP contribution in [0.3, 0.4) is 0 Å². The van der Waals surface area contributed by atoms with Gasteiger partial charge in [-0.2, -0.15) is 0 Å². The number of para-hydroxylation sites is 1. The molecule has 108 valence electrons. The summed E-state index contributed by atoms with van der Waals surface area (Å²) in [7, 11) is 0. The molecule has 0 saturated carbocycles. The van der Waals surface area contributed by atoms with E-state index in [0.29, 0.717) is 6.42 Å². The highest BCUT2D eigenvalue weighted by atomic mass is 16.6. The van der Waals surface area contributed by atoms with Gasteiger partial charge in [0.05, 0.1) is 18.2 Å². The molecule has 1 atom stereocenters. The number of ether oxygens (including phenoxy) is 1. The topological polar surface area (TPSA) is 66.8 Å². The first kappa shape index (κ1) is 14.4. The maximum absolute atomic E-state index is 12.3. The monoisotopic (exact) mass is 277 g/mol. The number of rotatable bonds is 2. The number of fused-ring (bicyclic) bond motifs is 1. The van der Waals surface area contributed by atoms with Crippen molar-refractivity contribution >= 4 is 17.7 Å². The average Bonchev–Trinajstić information content (AvgIpc) is 2.63. The number of carbonyl (C=O) groups is 2. The van der Waals surface area contributed by atoms with Gasteiger partial charge in [0.2, 0.25) is 0 Å². The molecule has 0 spiro atoms. The summed E-state index contributed by atoms with van der Waals surface area (Å²) in [6, 6.07) is 7.06. The minimum absolute atomic E-state index is 0.0894. The SMILES string of the molecule is CC(C)(C)OC(=O)N1c2ccccc2CC1CC(=O)O. The van der Waals surface area contributed by atoms with Crippen molar-refractivity contribution in [3.8, 4) is 0 Å². The van der Waals surface area contributed by atoms with E-state index >= 15 is 0 Å². The number of carboxylic acids is 1. The van der Waals surface area contributed by atoms with E-state index in [0.717, 1.165) is 11.3 Å². The smallest absolute Gasteiger partial charge is 0.415 e. The van der Waals surface area contributed by atoms with E-state index in [2.05, 4.69) is 0 Å². The lowest BCUT2D eigenvalue weighted by molar-refractivity contribution is -0.137. The molecular weight excluding hydrogens is 258 g/mol. The molecule has 5 nitrogen and oxygen atoms in total. The van der Waals surface area contributed by atoms with Crippen molar-refractivity contribution < 1.29 is 19.4 Å². The molecule has 0 bridgehead atoms. The van der Waals surface area contributed by atoms with E-state index in [1.165, 1.54) is 4.90 Å². The fourth-order valence-electron chi connectivity index (χ4n) is 2.38. The third kappa shape index (κ3) is 3.10. The van der Waals surface area contributed by atoms with Crippen LogP contribution >= 0.6 is 0 Å². The number of hydrogen-bond donors (Lipinski definition) is 1. The van der Waals surface area contributed by atoms with Crippen molar-refractivity contribution in [1.29, 1.82) is 0 Å². The van der Waals surface area contributed by atoms with Crippen molar-refractivity contribution in [3.63, 3.8) is 0 Å². The standard InChI is InChI=1S/C15H19NO4/c1-15(2,3)20-14(19)16-11(9-13(17)18)8-10-6-4-5-7-12(10)16/h4-7,11H,8-9H2,1-3H3,(H,17,18).